The maximum atomic E-state index is 10.8. The van der Waals surface area contributed by atoms with Crippen LogP contribution in [0.4, 0.5) is 11.5 Å². The Kier molecular flexibility index (Phi) is 3.69. The number of nitrogens with one attached hydrogen (secondary N) is 1. The molecule has 7 heteroatoms. The van der Waals surface area contributed by atoms with Gasteiger partial charge in [-0.2, -0.15) is 0 Å². The number of aromatic nitrogens is 2. The lowest BCUT2D eigenvalue weighted by atomic mass is 10.2. The first kappa shape index (κ1) is 12.3. The Morgan fingerprint density at radius 2 is 2.17 bits per heavy atom. The van der Waals surface area contributed by atoms with Crippen molar-refractivity contribution < 1.29 is 4.92 Å². The van der Waals surface area contributed by atoms with Crippen LogP contribution < -0.4 is 5.32 Å². The van der Waals surface area contributed by atoms with Gasteiger partial charge in [0.05, 0.1) is 11.1 Å². The Balaban J connectivity index is 2.16. The number of anilines is 1. The summed E-state index contributed by atoms with van der Waals surface area (Å²) >= 11 is 5.87. The van der Waals surface area contributed by atoms with Crippen molar-refractivity contribution in [2.45, 2.75) is 6.54 Å². The molecule has 92 valence electrons. The average Bonchev–Trinajstić information content (AvgIpc) is 2.38. The lowest BCUT2D eigenvalue weighted by molar-refractivity contribution is -0.385. The molecule has 1 N–H and O–H groups in total. The van der Waals surface area contributed by atoms with Crippen LogP contribution in [0.15, 0.2) is 36.8 Å². The van der Waals surface area contributed by atoms with E-state index in [0.29, 0.717) is 16.4 Å². The minimum absolute atomic E-state index is 0.0650. The maximum Gasteiger partial charge on any atom is 0.274 e. The standard InChI is InChI=1S/C11H9ClN4O2/c12-9-6-13-7-15-11(9)14-5-8-3-1-2-4-10(8)16(17)18/h1-4,6-7H,5H2,(H,13,14,15). The third-order valence-electron chi connectivity index (χ3n) is 2.30. The fourth-order valence-electron chi connectivity index (χ4n) is 1.46. The molecule has 0 aliphatic heterocycles. The van der Waals surface area contributed by atoms with Gasteiger partial charge in [-0.25, -0.2) is 9.97 Å². The average molecular weight is 265 g/mol. The number of nitrogens with zero attached hydrogens (tertiary/aromatic N) is 3. The van der Waals surface area contributed by atoms with Crippen molar-refractivity contribution in [3.63, 3.8) is 0 Å². The van der Waals surface area contributed by atoms with E-state index in [1.165, 1.54) is 18.6 Å². The van der Waals surface area contributed by atoms with E-state index in [-0.39, 0.29) is 12.2 Å². The zero-order valence-electron chi connectivity index (χ0n) is 9.21. The van der Waals surface area contributed by atoms with Crippen molar-refractivity contribution in [3.05, 3.63) is 57.5 Å². The van der Waals surface area contributed by atoms with Crippen molar-refractivity contribution in [3.8, 4) is 0 Å². The molecule has 18 heavy (non-hydrogen) atoms. The van der Waals surface area contributed by atoms with Crippen LogP contribution in [-0.2, 0) is 6.54 Å². The number of nitro groups is 1. The molecule has 2 aromatic rings. The largest absolute Gasteiger partial charge is 0.364 e. The first-order valence-corrected chi connectivity index (χ1v) is 5.48. The molecule has 6 nitrogen and oxygen atoms in total. The van der Waals surface area contributed by atoms with E-state index in [9.17, 15) is 10.1 Å². The molecule has 1 aromatic heterocycles. The van der Waals surface area contributed by atoms with E-state index in [2.05, 4.69) is 15.3 Å². The summed E-state index contributed by atoms with van der Waals surface area (Å²) in [4.78, 5) is 18.1. The SMILES string of the molecule is O=[N+]([O-])c1ccccc1CNc1ncncc1Cl. The minimum Gasteiger partial charge on any atom is -0.364 e. The second-order valence-electron chi connectivity index (χ2n) is 3.46. The van der Waals surface area contributed by atoms with Crippen molar-refractivity contribution in [1.29, 1.82) is 0 Å². The van der Waals surface area contributed by atoms with Gasteiger partial charge in [0.1, 0.15) is 17.2 Å². The molecule has 1 heterocycles. The van der Waals surface area contributed by atoms with Crippen molar-refractivity contribution in [1.82, 2.24) is 9.97 Å². The number of hydrogen-bond acceptors (Lipinski definition) is 5. The van der Waals surface area contributed by atoms with Gasteiger partial charge >= 0.3 is 0 Å². The van der Waals surface area contributed by atoms with Gasteiger partial charge in [-0.15, -0.1) is 0 Å². The monoisotopic (exact) mass is 264 g/mol. The summed E-state index contributed by atoms with van der Waals surface area (Å²) < 4.78 is 0. The molecule has 0 atom stereocenters. The van der Waals surface area contributed by atoms with Gasteiger partial charge in [-0.1, -0.05) is 29.8 Å². The fraction of sp³-hybridized carbons (Fsp3) is 0.0909. The molecule has 0 saturated heterocycles. The highest BCUT2D eigenvalue weighted by Crippen LogP contribution is 2.21. The Bertz CT molecular complexity index is 576. The van der Waals surface area contributed by atoms with E-state index in [0.717, 1.165) is 0 Å². The highest BCUT2D eigenvalue weighted by Gasteiger charge is 2.12. The van der Waals surface area contributed by atoms with Gasteiger partial charge in [0.2, 0.25) is 0 Å². The lowest BCUT2D eigenvalue weighted by Gasteiger charge is -2.06. The van der Waals surface area contributed by atoms with E-state index in [4.69, 9.17) is 11.6 Å². The Hall–Kier alpha value is -2.21. The first-order valence-electron chi connectivity index (χ1n) is 5.10. The molecular weight excluding hydrogens is 256 g/mol. The first-order chi connectivity index (χ1) is 8.68. The molecule has 0 aliphatic rings. The summed E-state index contributed by atoms with van der Waals surface area (Å²) in [6, 6.07) is 6.50. The van der Waals surface area contributed by atoms with Gasteiger partial charge in [-0.05, 0) is 0 Å². The molecule has 0 saturated carbocycles. The van der Waals surface area contributed by atoms with Crippen LogP contribution in [0.5, 0.6) is 0 Å². The van der Waals surface area contributed by atoms with Gasteiger partial charge in [0.15, 0.2) is 0 Å². The summed E-state index contributed by atoms with van der Waals surface area (Å²) in [6.45, 7) is 0.272. The number of halogens is 1. The molecular formula is C11H9ClN4O2. The lowest BCUT2D eigenvalue weighted by Crippen LogP contribution is -2.04. The van der Waals surface area contributed by atoms with Gasteiger partial charge < -0.3 is 5.32 Å². The number of benzene rings is 1. The zero-order chi connectivity index (χ0) is 13.0. The third kappa shape index (κ3) is 2.72. The van der Waals surface area contributed by atoms with E-state index < -0.39 is 4.92 Å². The molecule has 0 bridgehead atoms. The van der Waals surface area contributed by atoms with Crippen LogP contribution in [0.25, 0.3) is 0 Å². The molecule has 0 aliphatic carbocycles. The Morgan fingerprint density at radius 1 is 1.39 bits per heavy atom. The zero-order valence-corrected chi connectivity index (χ0v) is 9.96. The van der Waals surface area contributed by atoms with Crippen molar-refractivity contribution in [2.75, 3.05) is 5.32 Å². The highest BCUT2D eigenvalue weighted by atomic mass is 35.5. The van der Waals surface area contributed by atoms with Crippen LogP contribution in [-0.4, -0.2) is 14.9 Å². The van der Waals surface area contributed by atoms with E-state index in [1.54, 1.807) is 18.2 Å². The molecule has 0 fully saturated rings. The van der Waals surface area contributed by atoms with Gasteiger partial charge in [0, 0.05) is 18.2 Å². The number of hydrogen-bond donors (Lipinski definition) is 1. The van der Waals surface area contributed by atoms with Crippen molar-refractivity contribution >= 4 is 23.1 Å². The quantitative estimate of drug-likeness (QED) is 0.678. The second kappa shape index (κ2) is 5.42. The molecule has 2 rings (SSSR count). The van der Waals surface area contributed by atoms with Crippen LogP contribution in [0, 0.1) is 10.1 Å². The number of nitro benzene ring substituents is 1. The van der Waals surface area contributed by atoms with Gasteiger partial charge in [0.25, 0.3) is 5.69 Å². The molecule has 0 unspecified atom stereocenters. The Labute approximate surface area is 108 Å². The van der Waals surface area contributed by atoms with Crippen LogP contribution in [0.3, 0.4) is 0 Å². The minimum atomic E-state index is -0.418. The number of rotatable bonds is 4. The smallest absolute Gasteiger partial charge is 0.274 e. The van der Waals surface area contributed by atoms with Crippen LogP contribution in [0.1, 0.15) is 5.56 Å². The topological polar surface area (TPSA) is 81.0 Å². The fourth-order valence-corrected chi connectivity index (χ4v) is 1.63. The summed E-state index contributed by atoms with van der Waals surface area (Å²) in [5.41, 5.74) is 0.632. The Morgan fingerprint density at radius 3 is 2.89 bits per heavy atom. The maximum absolute atomic E-state index is 10.8. The summed E-state index contributed by atoms with van der Waals surface area (Å²) in [5, 5.41) is 14.1. The predicted octanol–water partition coefficient (Wildman–Crippen LogP) is 2.65. The van der Waals surface area contributed by atoms with Gasteiger partial charge in [-0.3, -0.25) is 10.1 Å². The summed E-state index contributed by atoms with van der Waals surface area (Å²) in [5.74, 6) is 0.449. The second-order valence-corrected chi connectivity index (χ2v) is 3.87. The normalized spacial score (nSPS) is 10.1. The highest BCUT2D eigenvalue weighted by molar-refractivity contribution is 6.32. The predicted molar refractivity (Wildman–Crippen MR) is 67.5 cm³/mol. The summed E-state index contributed by atoms with van der Waals surface area (Å²) in [7, 11) is 0. The number of para-hydroxylation sites is 1. The van der Waals surface area contributed by atoms with Crippen LogP contribution >= 0.6 is 11.6 Å². The summed E-state index contributed by atoms with van der Waals surface area (Å²) in [6.07, 6.45) is 2.81. The molecule has 0 spiro atoms. The van der Waals surface area contributed by atoms with Crippen molar-refractivity contribution in [2.24, 2.45) is 0 Å². The van der Waals surface area contributed by atoms with E-state index in [1.807, 2.05) is 0 Å². The van der Waals surface area contributed by atoms with E-state index >= 15 is 0 Å². The third-order valence-corrected chi connectivity index (χ3v) is 2.58. The van der Waals surface area contributed by atoms with Crippen LogP contribution in [0.2, 0.25) is 5.02 Å². The molecule has 0 amide bonds. The molecule has 0 radical (unpaired) electrons. The molecule has 1 aromatic carbocycles.